The number of methoxy groups -OCH3 is 1. The Morgan fingerprint density at radius 2 is 2.04 bits per heavy atom. The summed E-state index contributed by atoms with van der Waals surface area (Å²) in [6.45, 7) is 0. The highest BCUT2D eigenvalue weighted by molar-refractivity contribution is 5.92. The van der Waals surface area contributed by atoms with Gasteiger partial charge in [0.2, 0.25) is 5.95 Å². The molecule has 0 aliphatic heterocycles. The predicted molar refractivity (Wildman–Crippen MR) is 103 cm³/mol. The highest BCUT2D eigenvalue weighted by atomic mass is 16.5. The summed E-state index contributed by atoms with van der Waals surface area (Å²) in [7, 11) is 1.63. The van der Waals surface area contributed by atoms with Gasteiger partial charge in [-0.15, -0.1) is 0 Å². The van der Waals surface area contributed by atoms with Gasteiger partial charge >= 0.3 is 0 Å². The molecule has 0 spiro atoms. The van der Waals surface area contributed by atoms with E-state index in [4.69, 9.17) is 4.74 Å². The average Bonchev–Trinajstić information content (AvgIpc) is 2.68. The molecule has 1 aliphatic carbocycles. The monoisotopic (exact) mass is 350 g/mol. The van der Waals surface area contributed by atoms with E-state index in [-0.39, 0.29) is 5.56 Å². The number of aromatic amines is 1. The number of nitrogens with zero attached hydrogens (tertiary/aromatic N) is 2. The molecule has 2 aromatic heterocycles. The number of pyridine rings is 1. The summed E-state index contributed by atoms with van der Waals surface area (Å²) < 4.78 is 5.30. The number of hydrogen-bond acceptors (Lipinski definition) is 5. The van der Waals surface area contributed by atoms with E-state index in [1.165, 1.54) is 19.3 Å². The summed E-state index contributed by atoms with van der Waals surface area (Å²) in [6.07, 6.45) is 7.62. The van der Waals surface area contributed by atoms with Crippen LogP contribution in [0, 0.1) is 0 Å². The third kappa shape index (κ3) is 3.27. The molecule has 0 unspecified atom stereocenters. The van der Waals surface area contributed by atoms with Crippen molar-refractivity contribution in [2.75, 3.05) is 12.4 Å². The number of aromatic nitrogens is 3. The standard InChI is InChI=1S/C20H22N4O2/c1-26-15-9-5-6-13(12-15)16-10-11-21-18-17(16)19(25)24-20(23-18)22-14-7-3-2-4-8-14/h5-6,9-12,14H,2-4,7-8H2,1H3,(H2,21,22,23,24,25). The van der Waals surface area contributed by atoms with Crippen LogP contribution in [0.15, 0.2) is 41.3 Å². The Morgan fingerprint density at radius 1 is 1.19 bits per heavy atom. The van der Waals surface area contributed by atoms with Crippen LogP contribution in [0.5, 0.6) is 5.75 Å². The number of anilines is 1. The largest absolute Gasteiger partial charge is 0.497 e. The fourth-order valence-electron chi connectivity index (χ4n) is 3.60. The molecule has 0 amide bonds. The number of fused-ring (bicyclic) bond motifs is 1. The van der Waals surface area contributed by atoms with Crippen LogP contribution >= 0.6 is 0 Å². The number of nitrogens with one attached hydrogen (secondary N) is 2. The molecular weight excluding hydrogens is 328 g/mol. The van der Waals surface area contributed by atoms with E-state index >= 15 is 0 Å². The van der Waals surface area contributed by atoms with Crippen LogP contribution in [0.4, 0.5) is 5.95 Å². The van der Waals surface area contributed by atoms with Crippen LogP contribution in [0.2, 0.25) is 0 Å². The minimum Gasteiger partial charge on any atom is -0.497 e. The first-order valence-electron chi connectivity index (χ1n) is 9.04. The number of H-pyrrole nitrogens is 1. The zero-order valence-corrected chi connectivity index (χ0v) is 14.8. The van der Waals surface area contributed by atoms with Gasteiger partial charge in [-0.3, -0.25) is 9.78 Å². The Hall–Kier alpha value is -2.89. The Morgan fingerprint density at radius 3 is 2.85 bits per heavy atom. The van der Waals surface area contributed by atoms with Crippen LogP contribution < -0.4 is 15.6 Å². The van der Waals surface area contributed by atoms with Crippen molar-refractivity contribution in [2.45, 2.75) is 38.1 Å². The fourth-order valence-corrected chi connectivity index (χ4v) is 3.60. The molecule has 0 atom stereocenters. The molecule has 0 bridgehead atoms. The average molecular weight is 350 g/mol. The molecule has 1 saturated carbocycles. The van der Waals surface area contributed by atoms with Crippen LogP contribution in [0.1, 0.15) is 32.1 Å². The van der Waals surface area contributed by atoms with Crippen molar-refractivity contribution < 1.29 is 4.74 Å². The van der Waals surface area contributed by atoms with Gasteiger partial charge in [0.1, 0.15) is 5.75 Å². The van der Waals surface area contributed by atoms with E-state index in [1.807, 2.05) is 30.3 Å². The summed E-state index contributed by atoms with van der Waals surface area (Å²) in [5, 5.41) is 3.86. The van der Waals surface area contributed by atoms with Crippen LogP contribution in [-0.2, 0) is 0 Å². The van der Waals surface area contributed by atoms with Gasteiger partial charge in [-0.05, 0) is 42.2 Å². The summed E-state index contributed by atoms with van der Waals surface area (Å²) in [6, 6.07) is 9.84. The first-order chi connectivity index (χ1) is 12.7. The van der Waals surface area contributed by atoms with Gasteiger partial charge < -0.3 is 10.1 Å². The summed E-state index contributed by atoms with van der Waals surface area (Å²) in [5.74, 6) is 1.25. The Kier molecular flexibility index (Phi) is 4.56. The molecule has 2 N–H and O–H groups in total. The van der Waals surface area contributed by atoms with E-state index in [0.29, 0.717) is 23.0 Å². The summed E-state index contributed by atoms with van der Waals surface area (Å²) in [4.78, 5) is 24.5. The van der Waals surface area contributed by atoms with Gasteiger partial charge in [-0.25, -0.2) is 4.98 Å². The molecule has 0 saturated heterocycles. The maximum absolute atomic E-state index is 12.8. The smallest absolute Gasteiger partial charge is 0.262 e. The van der Waals surface area contributed by atoms with E-state index in [1.54, 1.807) is 13.3 Å². The van der Waals surface area contributed by atoms with Gasteiger partial charge in [0.05, 0.1) is 12.5 Å². The van der Waals surface area contributed by atoms with E-state index < -0.39 is 0 Å². The van der Waals surface area contributed by atoms with Crippen LogP contribution in [-0.4, -0.2) is 28.1 Å². The topological polar surface area (TPSA) is 79.9 Å². The molecule has 1 aromatic carbocycles. The van der Waals surface area contributed by atoms with Crippen molar-refractivity contribution >= 4 is 17.0 Å². The third-order valence-corrected chi connectivity index (χ3v) is 4.93. The van der Waals surface area contributed by atoms with E-state index in [9.17, 15) is 4.79 Å². The minimum atomic E-state index is -0.181. The van der Waals surface area contributed by atoms with Gasteiger partial charge in [-0.2, -0.15) is 4.98 Å². The first-order valence-corrected chi connectivity index (χ1v) is 9.04. The Labute approximate surface area is 151 Å². The summed E-state index contributed by atoms with van der Waals surface area (Å²) in [5.41, 5.74) is 1.97. The molecule has 6 heteroatoms. The molecule has 2 heterocycles. The van der Waals surface area contributed by atoms with Crippen molar-refractivity contribution in [1.82, 2.24) is 15.0 Å². The van der Waals surface area contributed by atoms with Gasteiger partial charge in [0, 0.05) is 12.2 Å². The lowest BCUT2D eigenvalue weighted by Gasteiger charge is -2.22. The maximum atomic E-state index is 12.8. The SMILES string of the molecule is COc1cccc(-c2ccnc3nc(NC4CCCCC4)[nH]c(=O)c23)c1. The maximum Gasteiger partial charge on any atom is 0.262 e. The highest BCUT2D eigenvalue weighted by Gasteiger charge is 2.16. The highest BCUT2D eigenvalue weighted by Crippen LogP contribution is 2.28. The van der Waals surface area contributed by atoms with Gasteiger partial charge in [0.25, 0.3) is 5.56 Å². The fraction of sp³-hybridized carbons (Fsp3) is 0.350. The zero-order chi connectivity index (χ0) is 17.9. The molecule has 1 aliphatic rings. The van der Waals surface area contributed by atoms with Crippen molar-refractivity contribution in [3.63, 3.8) is 0 Å². The van der Waals surface area contributed by atoms with Crippen LogP contribution in [0.3, 0.4) is 0 Å². The molecule has 4 rings (SSSR count). The van der Waals surface area contributed by atoms with Crippen molar-refractivity contribution in [3.05, 3.63) is 46.9 Å². The second-order valence-electron chi connectivity index (χ2n) is 6.68. The lowest BCUT2D eigenvalue weighted by atomic mass is 9.96. The molecule has 3 aromatic rings. The summed E-state index contributed by atoms with van der Waals surface area (Å²) >= 11 is 0. The molecule has 134 valence electrons. The quantitative estimate of drug-likeness (QED) is 0.749. The van der Waals surface area contributed by atoms with Crippen molar-refractivity contribution in [3.8, 4) is 16.9 Å². The zero-order valence-electron chi connectivity index (χ0n) is 14.8. The number of hydrogen-bond donors (Lipinski definition) is 2. The number of benzene rings is 1. The second-order valence-corrected chi connectivity index (χ2v) is 6.68. The lowest BCUT2D eigenvalue weighted by Crippen LogP contribution is -2.25. The minimum absolute atomic E-state index is 0.181. The number of ether oxygens (including phenoxy) is 1. The second kappa shape index (κ2) is 7.15. The molecular formula is C20H22N4O2. The normalized spacial score (nSPS) is 15.1. The molecule has 6 nitrogen and oxygen atoms in total. The van der Waals surface area contributed by atoms with Crippen LogP contribution in [0.25, 0.3) is 22.2 Å². The Balaban J connectivity index is 1.75. The van der Waals surface area contributed by atoms with Crippen molar-refractivity contribution in [1.29, 1.82) is 0 Å². The van der Waals surface area contributed by atoms with Gasteiger partial charge in [0.15, 0.2) is 5.65 Å². The van der Waals surface area contributed by atoms with Gasteiger partial charge in [-0.1, -0.05) is 31.4 Å². The Bertz CT molecular complexity index is 977. The van der Waals surface area contributed by atoms with Crippen molar-refractivity contribution in [2.24, 2.45) is 0 Å². The lowest BCUT2D eigenvalue weighted by molar-refractivity contribution is 0.415. The molecule has 1 fully saturated rings. The predicted octanol–water partition coefficient (Wildman–Crippen LogP) is 3.74. The molecule has 0 radical (unpaired) electrons. The van der Waals surface area contributed by atoms with E-state index in [2.05, 4.69) is 20.3 Å². The van der Waals surface area contributed by atoms with E-state index in [0.717, 1.165) is 29.7 Å². The molecule has 26 heavy (non-hydrogen) atoms. The third-order valence-electron chi connectivity index (χ3n) is 4.93. The first kappa shape index (κ1) is 16.6. The number of rotatable bonds is 4.